The zero-order valence-corrected chi connectivity index (χ0v) is 12.2. The Morgan fingerprint density at radius 2 is 1.94 bits per heavy atom. The third-order valence-electron chi connectivity index (χ3n) is 3.45. The zero-order valence-electron chi connectivity index (χ0n) is 12.2. The van der Waals surface area contributed by atoms with Crippen LogP contribution in [0.5, 0.6) is 5.75 Å². The first-order chi connectivity index (χ1) is 8.69. The van der Waals surface area contributed by atoms with Gasteiger partial charge in [0.15, 0.2) is 0 Å². The molecule has 0 aliphatic heterocycles. The van der Waals surface area contributed by atoms with Crippen molar-refractivity contribution in [3.8, 4) is 5.75 Å². The van der Waals surface area contributed by atoms with Crippen LogP contribution in [0, 0.1) is 11.8 Å². The fraction of sp³-hybridized carbons (Fsp3) is 0.625. The second-order valence-corrected chi connectivity index (χ2v) is 5.22. The minimum absolute atomic E-state index is 0.660. The van der Waals surface area contributed by atoms with Crippen LogP contribution in [0.25, 0.3) is 0 Å². The molecule has 0 aromatic heterocycles. The molecular weight excluding hydrogens is 222 g/mol. The highest BCUT2D eigenvalue weighted by molar-refractivity contribution is 5.33. The average Bonchev–Trinajstić information content (AvgIpc) is 2.38. The van der Waals surface area contributed by atoms with Crippen LogP contribution in [0.2, 0.25) is 0 Å². The van der Waals surface area contributed by atoms with Crippen LogP contribution in [-0.4, -0.2) is 20.2 Å². The minimum Gasteiger partial charge on any atom is -0.496 e. The van der Waals surface area contributed by atoms with E-state index in [2.05, 4.69) is 38.2 Å². The van der Waals surface area contributed by atoms with Gasteiger partial charge in [-0.2, -0.15) is 0 Å². The Balaban J connectivity index is 2.64. The quantitative estimate of drug-likeness (QED) is 0.712. The molecule has 0 spiro atoms. The molecule has 1 aromatic rings. The maximum atomic E-state index is 5.43. The van der Waals surface area contributed by atoms with E-state index in [4.69, 9.17) is 4.74 Å². The van der Waals surface area contributed by atoms with Crippen molar-refractivity contribution >= 4 is 0 Å². The summed E-state index contributed by atoms with van der Waals surface area (Å²) in [4.78, 5) is 0. The molecule has 0 radical (unpaired) electrons. The molecule has 0 saturated heterocycles. The fourth-order valence-corrected chi connectivity index (χ4v) is 2.16. The highest BCUT2D eigenvalue weighted by Crippen LogP contribution is 2.24. The van der Waals surface area contributed by atoms with Crippen LogP contribution in [0.15, 0.2) is 24.3 Å². The lowest BCUT2D eigenvalue weighted by Crippen LogP contribution is -2.28. The average molecular weight is 249 g/mol. The largest absolute Gasteiger partial charge is 0.496 e. The van der Waals surface area contributed by atoms with Gasteiger partial charge in [0.1, 0.15) is 5.75 Å². The summed E-state index contributed by atoms with van der Waals surface area (Å²) in [6.07, 6.45) is 2.28. The standard InChI is InChI=1S/C16H27NO/c1-5-10-17-12-15(13(2)3)11-14-8-6-7-9-16(14)18-4/h6-9,13,15,17H,5,10-12H2,1-4H3. The predicted molar refractivity (Wildman–Crippen MR) is 78.2 cm³/mol. The molecule has 0 aliphatic rings. The van der Waals surface area contributed by atoms with Gasteiger partial charge in [-0.25, -0.2) is 0 Å². The maximum absolute atomic E-state index is 5.43. The number of benzene rings is 1. The van der Waals surface area contributed by atoms with Crippen molar-refractivity contribution < 1.29 is 4.74 Å². The van der Waals surface area contributed by atoms with Crippen molar-refractivity contribution in [1.29, 1.82) is 0 Å². The Morgan fingerprint density at radius 1 is 1.22 bits per heavy atom. The van der Waals surface area contributed by atoms with Crippen LogP contribution in [-0.2, 0) is 6.42 Å². The van der Waals surface area contributed by atoms with Crippen molar-refractivity contribution in [2.24, 2.45) is 11.8 Å². The topological polar surface area (TPSA) is 21.3 Å². The van der Waals surface area contributed by atoms with Crippen molar-refractivity contribution in [3.05, 3.63) is 29.8 Å². The molecule has 0 heterocycles. The summed E-state index contributed by atoms with van der Waals surface area (Å²) >= 11 is 0. The van der Waals surface area contributed by atoms with E-state index in [1.807, 2.05) is 12.1 Å². The van der Waals surface area contributed by atoms with Crippen LogP contribution in [0.4, 0.5) is 0 Å². The first kappa shape index (κ1) is 15.0. The maximum Gasteiger partial charge on any atom is 0.122 e. The van der Waals surface area contributed by atoms with E-state index in [1.165, 1.54) is 12.0 Å². The Bertz CT molecular complexity index is 336. The normalized spacial score (nSPS) is 12.7. The molecule has 0 fully saturated rings. The molecule has 1 rings (SSSR count). The van der Waals surface area contributed by atoms with E-state index in [-0.39, 0.29) is 0 Å². The molecule has 1 unspecified atom stereocenters. The first-order valence-electron chi connectivity index (χ1n) is 7.01. The second kappa shape index (κ2) is 8.15. The van der Waals surface area contributed by atoms with E-state index < -0.39 is 0 Å². The lowest BCUT2D eigenvalue weighted by atomic mass is 9.89. The molecule has 2 heteroatoms. The van der Waals surface area contributed by atoms with Crippen molar-refractivity contribution in [2.75, 3.05) is 20.2 Å². The molecule has 0 amide bonds. The van der Waals surface area contributed by atoms with Gasteiger partial charge in [-0.3, -0.25) is 0 Å². The van der Waals surface area contributed by atoms with Gasteiger partial charge in [-0.05, 0) is 49.4 Å². The van der Waals surface area contributed by atoms with Crippen molar-refractivity contribution in [1.82, 2.24) is 5.32 Å². The number of rotatable bonds is 8. The van der Waals surface area contributed by atoms with Gasteiger partial charge >= 0.3 is 0 Å². The van der Waals surface area contributed by atoms with E-state index >= 15 is 0 Å². The predicted octanol–water partition coefficient (Wildman–Crippen LogP) is 3.51. The van der Waals surface area contributed by atoms with E-state index in [0.717, 1.165) is 25.3 Å². The van der Waals surface area contributed by atoms with Crippen LogP contribution >= 0.6 is 0 Å². The van der Waals surface area contributed by atoms with Gasteiger partial charge in [0, 0.05) is 0 Å². The summed E-state index contributed by atoms with van der Waals surface area (Å²) in [5.74, 6) is 2.35. The Hall–Kier alpha value is -1.02. The highest BCUT2D eigenvalue weighted by atomic mass is 16.5. The van der Waals surface area contributed by atoms with Gasteiger partial charge in [0.25, 0.3) is 0 Å². The van der Waals surface area contributed by atoms with Crippen LogP contribution in [0.1, 0.15) is 32.8 Å². The van der Waals surface area contributed by atoms with E-state index in [0.29, 0.717) is 11.8 Å². The summed E-state index contributed by atoms with van der Waals surface area (Å²) in [5.41, 5.74) is 1.32. The molecule has 1 atom stereocenters. The van der Waals surface area contributed by atoms with Crippen molar-refractivity contribution in [2.45, 2.75) is 33.6 Å². The third-order valence-corrected chi connectivity index (χ3v) is 3.45. The van der Waals surface area contributed by atoms with E-state index in [9.17, 15) is 0 Å². The molecular formula is C16H27NO. The number of hydrogen-bond acceptors (Lipinski definition) is 2. The zero-order chi connectivity index (χ0) is 13.4. The summed E-state index contributed by atoms with van der Waals surface area (Å²) in [5, 5.41) is 3.53. The van der Waals surface area contributed by atoms with Gasteiger partial charge in [-0.1, -0.05) is 39.0 Å². The Labute approximate surface area is 112 Å². The smallest absolute Gasteiger partial charge is 0.122 e. The molecule has 0 aliphatic carbocycles. The van der Waals surface area contributed by atoms with Gasteiger partial charge in [0.05, 0.1) is 7.11 Å². The Morgan fingerprint density at radius 3 is 2.56 bits per heavy atom. The number of nitrogens with one attached hydrogen (secondary N) is 1. The second-order valence-electron chi connectivity index (χ2n) is 5.22. The van der Waals surface area contributed by atoms with Crippen LogP contribution in [0.3, 0.4) is 0 Å². The fourth-order valence-electron chi connectivity index (χ4n) is 2.16. The summed E-state index contributed by atoms with van der Waals surface area (Å²) in [7, 11) is 1.75. The lowest BCUT2D eigenvalue weighted by Gasteiger charge is -2.22. The molecule has 0 bridgehead atoms. The summed E-state index contributed by atoms with van der Waals surface area (Å²) in [6.45, 7) is 9.00. The molecule has 2 nitrogen and oxygen atoms in total. The first-order valence-corrected chi connectivity index (χ1v) is 7.01. The summed E-state index contributed by atoms with van der Waals surface area (Å²) < 4.78 is 5.43. The van der Waals surface area contributed by atoms with Gasteiger partial charge < -0.3 is 10.1 Å². The Kier molecular flexibility index (Phi) is 6.81. The molecule has 0 saturated carbocycles. The van der Waals surface area contributed by atoms with Gasteiger partial charge in [-0.15, -0.1) is 0 Å². The SMILES string of the molecule is CCCNCC(Cc1ccccc1OC)C(C)C. The number of ether oxygens (including phenoxy) is 1. The third kappa shape index (κ3) is 4.69. The highest BCUT2D eigenvalue weighted by Gasteiger charge is 2.15. The summed E-state index contributed by atoms with van der Waals surface area (Å²) in [6, 6.07) is 8.34. The molecule has 102 valence electrons. The molecule has 18 heavy (non-hydrogen) atoms. The van der Waals surface area contributed by atoms with Crippen LogP contribution < -0.4 is 10.1 Å². The number of methoxy groups -OCH3 is 1. The lowest BCUT2D eigenvalue weighted by molar-refractivity contribution is 0.351. The number of para-hydroxylation sites is 1. The minimum atomic E-state index is 0.660. The van der Waals surface area contributed by atoms with Crippen molar-refractivity contribution in [3.63, 3.8) is 0 Å². The molecule has 1 N–H and O–H groups in total. The monoisotopic (exact) mass is 249 g/mol. The van der Waals surface area contributed by atoms with Gasteiger partial charge in [0.2, 0.25) is 0 Å². The van der Waals surface area contributed by atoms with E-state index in [1.54, 1.807) is 7.11 Å². The number of hydrogen-bond donors (Lipinski definition) is 1. The molecule has 1 aromatic carbocycles.